The fourth-order valence-corrected chi connectivity index (χ4v) is 2.79. The molecule has 0 aromatic heterocycles. The second-order valence-corrected chi connectivity index (χ2v) is 6.09. The minimum atomic E-state index is -0.740. The molecule has 16 heavy (non-hydrogen) atoms. The Morgan fingerprint density at radius 1 is 1.19 bits per heavy atom. The highest BCUT2D eigenvalue weighted by Crippen LogP contribution is 2.40. The smallest absolute Gasteiger partial charge is 0.128 e. The van der Waals surface area contributed by atoms with E-state index in [1.165, 1.54) is 6.42 Å². The Morgan fingerprint density at radius 2 is 1.81 bits per heavy atom. The molecule has 1 aliphatic rings. The molecule has 1 heteroatoms. The number of rotatable bonds is 1. The molecule has 0 radical (unpaired) electrons. The predicted molar refractivity (Wildman–Crippen MR) is 68.9 cm³/mol. The number of aliphatic hydroxyl groups is 1. The van der Waals surface area contributed by atoms with E-state index in [2.05, 4.69) is 46.5 Å². The van der Waals surface area contributed by atoms with E-state index in [9.17, 15) is 5.11 Å². The Balaban J connectivity index is 2.89. The SMILES string of the molecule is CC(C)C#C[C@@]1(O)C[C@@H](C)CC[C@@H]1C(C)C. The average molecular weight is 222 g/mol. The summed E-state index contributed by atoms with van der Waals surface area (Å²) >= 11 is 0. The molecule has 1 fully saturated rings. The fourth-order valence-electron chi connectivity index (χ4n) is 2.79. The Labute approximate surface area is 101 Å². The molecule has 1 saturated carbocycles. The molecule has 92 valence electrons. The molecule has 0 heterocycles. The molecule has 1 aliphatic carbocycles. The van der Waals surface area contributed by atoms with Crippen LogP contribution in [0.1, 0.15) is 53.9 Å². The quantitative estimate of drug-likeness (QED) is 0.674. The first kappa shape index (κ1) is 13.6. The van der Waals surface area contributed by atoms with Crippen LogP contribution >= 0.6 is 0 Å². The summed E-state index contributed by atoms with van der Waals surface area (Å²) in [6.45, 7) is 10.8. The highest BCUT2D eigenvalue weighted by atomic mass is 16.3. The van der Waals surface area contributed by atoms with E-state index < -0.39 is 5.60 Å². The second-order valence-electron chi connectivity index (χ2n) is 6.09. The van der Waals surface area contributed by atoms with E-state index in [4.69, 9.17) is 0 Å². The van der Waals surface area contributed by atoms with Gasteiger partial charge in [-0.15, -0.1) is 0 Å². The third-order valence-electron chi connectivity index (χ3n) is 3.63. The molecular weight excluding hydrogens is 196 g/mol. The monoisotopic (exact) mass is 222 g/mol. The van der Waals surface area contributed by atoms with Crippen LogP contribution in [0.3, 0.4) is 0 Å². The van der Waals surface area contributed by atoms with Crippen molar-refractivity contribution in [3.8, 4) is 11.8 Å². The van der Waals surface area contributed by atoms with Gasteiger partial charge < -0.3 is 5.11 Å². The zero-order valence-electron chi connectivity index (χ0n) is 11.4. The van der Waals surface area contributed by atoms with Crippen LogP contribution < -0.4 is 0 Å². The molecule has 0 amide bonds. The van der Waals surface area contributed by atoms with Crippen molar-refractivity contribution in [2.75, 3.05) is 0 Å². The lowest BCUT2D eigenvalue weighted by atomic mass is 9.67. The summed E-state index contributed by atoms with van der Waals surface area (Å²) < 4.78 is 0. The van der Waals surface area contributed by atoms with Gasteiger partial charge in [0.15, 0.2) is 0 Å². The van der Waals surface area contributed by atoms with E-state index in [0.717, 1.165) is 12.8 Å². The molecular formula is C15H26O. The van der Waals surface area contributed by atoms with Gasteiger partial charge in [-0.2, -0.15) is 0 Å². The van der Waals surface area contributed by atoms with Crippen molar-refractivity contribution in [2.24, 2.45) is 23.7 Å². The van der Waals surface area contributed by atoms with Crippen LogP contribution in [0.5, 0.6) is 0 Å². The molecule has 1 rings (SSSR count). The largest absolute Gasteiger partial charge is 0.377 e. The van der Waals surface area contributed by atoms with E-state index in [0.29, 0.717) is 23.7 Å². The lowest BCUT2D eigenvalue weighted by molar-refractivity contribution is -0.0327. The van der Waals surface area contributed by atoms with Crippen LogP contribution in [0.4, 0.5) is 0 Å². The van der Waals surface area contributed by atoms with Crippen molar-refractivity contribution in [1.82, 2.24) is 0 Å². The summed E-state index contributed by atoms with van der Waals surface area (Å²) in [6, 6.07) is 0. The molecule has 0 saturated heterocycles. The summed E-state index contributed by atoms with van der Waals surface area (Å²) in [5, 5.41) is 10.7. The molecule has 0 aromatic rings. The molecule has 1 N–H and O–H groups in total. The molecule has 0 bridgehead atoms. The lowest BCUT2D eigenvalue weighted by Gasteiger charge is -2.41. The standard InChI is InChI=1S/C15H26O/c1-11(2)8-9-15(16)10-13(5)6-7-14(15)12(3)4/h11-14,16H,6-7,10H2,1-5H3/t13-,14+,15+/m0/s1. The van der Waals surface area contributed by atoms with Crippen LogP contribution in [0, 0.1) is 35.5 Å². The second kappa shape index (κ2) is 5.23. The van der Waals surface area contributed by atoms with E-state index >= 15 is 0 Å². The third-order valence-corrected chi connectivity index (χ3v) is 3.63. The van der Waals surface area contributed by atoms with Crippen LogP contribution in [0.15, 0.2) is 0 Å². The number of hydrogen-bond donors (Lipinski definition) is 1. The Kier molecular flexibility index (Phi) is 4.44. The van der Waals surface area contributed by atoms with Crippen LogP contribution in [0.2, 0.25) is 0 Å². The summed E-state index contributed by atoms with van der Waals surface area (Å²) in [5.41, 5.74) is -0.740. The summed E-state index contributed by atoms with van der Waals surface area (Å²) in [5.74, 6) is 8.12. The molecule has 0 spiro atoms. The highest BCUT2D eigenvalue weighted by molar-refractivity contribution is 5.18. The van der Waals surface area contributed by atoms with Crippen molar-refractivity contribution in [3.63, 3.8) is 0 Å². The van der Waals surface area contributed by atoms with Gasteiger partial charge in [-0.25, -0.2) is 0 Å². The Hall–Kier alpha value is -0.480. The van der Waals surface area contributed by atoms with Crippen molar-refractivity contribution in [3.05, 3.63) is 0 Å². The van der Waals surface area contributed by atoms with Crippen molar-refractivity contribution in [1.29, 1.82) is 0 Å². The minimum Gasteiger partial charge on any atom is -0.377 e. The van der Waals surface area contributed by atoms with E-state index in [-0.39, 0.29) is 0 Å². The van der Waals surface area contributed by atoms with Crippen molar-refractivity contribution >= 4 is 0 Å². The van der Waals surface area contributed by atoms with Gasteiger partial charge in [-0.1, -0.05) is 52.9 Å². The maximum atomic E-state index is 10.7. The highest BCUT2D eigenvalue weighted by Gasteiger charge is 2.41. The van der Waals surface area contributed by atoms with Gasteiger partial charge in [0.1, 0.15) is 5.60 Å². The topological polar surface area (TPSA) is 20.2 Å². The van der Waals surface area contributed by atoms with Crippen LogP contribution in [-0.2, 0) is 0 Å². The summed E-state index contributed by atoms with van der Waals surface area (Å²) in [7, 11) is 0. The molecule has 3 atom stereocenters. The van der Waals surface area contributed by atoms with E-state index in [1.54, 1.807) is 0 Å². The lowest BCUT2D eigenvalue weighted by Crippen LogP contribution is -2.44. The van der Waals surface area contributed by atoms with Crippen LogP contribution in [-0.4, -0.2) is 10.7 Å². The number of hydrogen-bond acceptors (Lipinski definition) is 1. The molecule has 0 aromatic carbocycles. The van der Waals surface area contributed by atoms with Gasteiger partial charge in [-0.05, 0) is 24.7 Å². The maximum absolute atomic E-state index is 10.7. The van der Waals surface area contributed by atoms with Gasteiger partial charge in [0, 0.05) is 11.8 Å². The molecule has 1 nitrogen and oxygen atoms in total. The summed E-state index contributed by atoms with van der Waals surface area (Å²) in [6.07, 6.45) is 3.19. The first-order chi connectivity index (χ1) is 7.35. The van der Waals surface area contributed by atoms with Crippen LogP contribution in [0.25, 0.3) is 0 Å². The average Bonchev–Trinajstić information content (AvgIpc) is 2.14. The molecule has 0 aliphatic heterocycles. The zero-order valence-corrected chi connectivity index (χ0v) is 11.4. The maximum Gasteiger partial charge on any atom is 0.128 e. The normalized spacial score (nSPS) is 35.0. The van der Waals surface area contributed by atoms with Gasteiger partial charge in [-0.3, -0.25) is 0 Å². The Morgan fingerprint density at radius 3 is 2.31 bits per heavy atom. The van der Waals surface area contributed by atoms with Crippen molar-refractivity contribution in [2.45, 2.75) is 59.5 Å². The first-order valence-corrected chi connectivity index (χ1v) is 6.60. The van der Waals surface area contributed by atoms with Gasteiger partial charge in [0.05, 0.1) is 0 Å². The van der Waals surface area contributed by atoms with Gasteiger partial charge in [0.25, 0.3) is 0 Å². The minimum absolute atomic E-state index is 0.342. The van der Waals surface area contributed by atoms with Gasteiger partial charge in [0.2, 0.25) is 0 Å². The Bertz CT molecular complexity index is 282. The van der Waals surface area contributed by atoms with Crippen molar-refractivity contribution < 1.29 is 5.11 Å². The zero-order chi connectivity index (χ0) is 12.3. The third kappa shape index (κ3) is 3.25. The summed E-state index contributed by atoms with van der Waals surface area (Å²) in [4.78, 5) is 0. The first-order valence-electron chi connectivity index (χ1n) is 6.60. The fraction of sp³-hybridized carbons (Fsp3) is 0.867. The predicted octanol–water partition coefficient (Wildman–Crippen LogP) is 3.47. The van der Waals surface area contributed by atoms with E-state index in [1.807, 2.05) is 0 Å². The van der Waals surface area contributed by atoms with Gasteiger partial charge >= 0.3 is 0 Å². The molecule has 0 unspecified atom stereocenters.